The maximum absolute atomic E-state index is 5.20. The first kappa shape index (κ1) is 11.0. The third-order valence-corrected chi connectivity index (χ3v) is 3.01. The van der Waals surface area contributed by atoms with Crippen molar-refractivity contribution in [2.45, 2.75) is 25.3 Å². The predicted molar refractivity (Wildman–Crippen MR) is 58.7 cm³/mol. The molecule has 1 aliphatic carbocycles. The van der Waals surface area contributed by atoms with Gasteiger partial charge in [-0.3, -0.25) is 0 Å². The average molecular weight is 199 g/mol. The van der Waals surface area contributed by atoms with Crippen LogP contribution in [0.2, 0.25) is 0 Å². The molecule has 1 aliphatic rings. The summed E-state index contributed by atoms with van der Waals surface area (Å²) in [5, 5.41) is 6.25. The number of nitrogens with one attached hydrogen (secondary N) is 2. The zero-order chi connectivity index (χ0) is 9.68. The molecular weight excluding hydrogens is 183 g/mol. The summed E-state index contributed by atoms with van der Waals surface area (Å²) in [6.45, 7) is 0. The maximum Gasteiger partial charge on any atom is 0.395 e. The van der Waals surface area contributed by atoms with Gasteiger partial charge in [0.05, 0.1) is 4.99 Å². The van der Waals surface area contributed by atoms with E-state index >= 15 is 0 Å². The minimum absolute atomic E-state index is 0.524. The predicted octanol–water partition coefficient (Wildman–Crippen LogP) is 0.472. The molecule has 1 fully saturated rings. The Morgan fingerprint density at radius 2 is 2.31 bits per heavy atom. The second-order valence-electron chi connectivity index (χ2n) is 3.34. The third-order valence-electron chi connectivity index (χ3n) is 2.47. The highest BCUT2D eigenvalue weighted by Gasteiger charge is 2.26. The number of hydrogen-bond acceptors (Lipinski definition) is 3. The van der Waals surface area contributed by atoms with Gasteiger partial charge in [-0.2, -0.15) is 0 Å². The minimum Gasteiger partial charge on any atom is -0.427 e. The van der Waals surface area contributed by atoms with Crippen LogP contribution >= 0.6 is 12.2 Å². The lowest BCUT2D eigenvalue weighted by Crippen LogP contribution is -2.32. The van der Waals surface area contributed by atoms with Gasteiger partial charge in [0.1, 0.15) is 0 Å². The van der Waals surface area contributed by atoms with Crippen LogP contribution < -0.4 is 10.5 Å². The second-order valence-corrected chi connectivity index (χ2v) is 3.78. The van der Waals surface area contributed by atoms with Crippen molar-refractivity contribution in [1.82, 2.24) is 10.5 Å². The van der Waals surface area contributed by atoms with Gasteiger partial charge in [0.2, 0.25) is 0 Å². The lowest BCUT2D eigenvalue weighted by molar-refractivity contribution is 0.420. The minimum atomic E-state index is 0.524. The summed E-state index contributed by atoms with van der Waals surface area (Å²) in [5.41, 5.74) is 0. The van der Waals surface area contributed by atoms with E-state index in [1.54, 1.807) is 14.7 Å². The van der Waals surface area contributed by atoms with E-state index < -0.39 is 0 Å². The van der Waals surface area contributed by atoms with E-state index in [9.17, 15) is 0 Å². The molecule has 2 N–H and O–H groups in total. The van der Waals surface area contributed by atoms with E-state index in [1.165, 1.54) is 12.8 Å². The Bertz CT molecular complexity index is 180. The molecule has 0 saturated heterocycles. The SMILES string of the molecule is CNC(=S)C1CCC(N[B]OC)C1. The van der Waals surface area contributed by atoms with E-state index in [0.29, 0.717) is 12.0 Å². The highest BCUT2D eigenvalue weighted by Crippen LogP contribution is 2.25. The van der Waals surface area contributed by atoms with Gasteiger partial charge in [-0.25, -0.2) is 0 Å². The zero-order valence-corrected chi connectivity index (χ0v) is 8.99. The summed E-state index contributed by atoms with van der Waals surface area (Å²) < 4.78 is 4.84. The van der Waals surface area contributed by atoms with Crippen LogP contribution in [0.1, 0.15) is 19.3 Å². The molecule has 73 valence electrons. The first-order valence-corrected chi connectivity index (χ1v) is 5.01. The van der Waals surface area contributed by atoms with E-state index in [0.717, 1.165) is 11.4 Å². The van der Waals surface area contributed by atoms with Crippen molar-refractivity contribution in [1.29, 1.82) is 0 Å². The molecule has 13 heavy (non-hydrogen) atoms. The smallest absolute Gasteiger partial charge is 0.395 e. The molecule has 0 aromatic carbocycles. The molecule has 0 aliphatic heterocycles. The van der Waals surface area contributed by atoms with Crippen molar-refractivity contribution in [2.75, 3.05) is 14.2 Å². The van der Waals surface area contributed by atoms with Crippen LogP contribution in [0.3, 0.4) is 0 Å². The molecule has 0 aromatic heterocycles. The van der Waals surface area contributed by atoms with Crippen LogP contribution in [0, 0.1) is 5.92 Å². The van der Waals surface area contributed by atoms with Gasteiger partial charge in [0, 0.05) is 20.1 Å². The topological polar surface area (TPSA) is 33.3 Å². The first-order chi connectivity index (χ1) is 6.27. The van der Waals surface area contributed by atoms with E-state index in [4.69, 9.17) is 16.9 Å². The molecule has 0 heterocycles. The highest BCUT2D eigenvalue weighted by atomic mass is 32.1. The molecule has 0 amide bonds. The van der Waals surface area contributed by atoms with Crippen molar-refractivity contribution < 1.29 is 4.65 Å². The number of hydrogen-bond donors (Lipinski definition) is 2. The highest BCUT2D eigenvalue weighted by molar-refractivity contribution is 7.80. The number of thiocarbonyl (C=S) groups is 1. The van der Waals surface area contributed by atoms with Gasteiger partial charge in [0.25, 0.3) is 0 Å². The van der Waals surface area contributed by atoms with Crippen molar-refractivity contribution in [3.05, 3.63) is 0 Å². The molecule has 2 atom stereocenters. The molecule has 1 saturated carbocycles. The molecule has 3 nitrogen and oxygen atoms in total. The first-order valence-electron chi connectivity index (χ1n) is 4.60. The van der Waals surface area contributed by atoms with E-state index in [2.05, 4.69) is 10.5 Å². The van der Waals surface area contributed by atoms with Crippen molar-refractivity contribution in [3.63, 3.8) is 0 Å². The molecule has 5 heteroatoms. The lowest BCUT2D eigenvalue weighted by atomic mass is 10.1. The van der Waals surface area contributed by atoms with Crippen LogP contribution in [0.15, 0.2) is 0 Å². The Morgan fingerprint density at radius 3 is 2.92 bits per heavy atom. The van der Waals surface area contributed by atoms with Gasteiger partial charge in [-0.15, -0.1) is 0 Å². The van der Waals surface area contributed by atoms with Gasteiger partial charge in [-0.05, 0) is 25.3 Å². The van der Waals surface area contributed by atoms with Crippen LogP contribution in [-0.2, 0) is 4.65 Å². The van der Waals surface area contributed by atoms with Gasteiger partial charge in [-0.1, -0.05) is 12.2 Å². The normalized spacial score (nSPS) is 27.2. The summed E-state index contributed by atoms with van der Waals surface area (Å²) in [6, 6.07) is 0.524. The van der Waals surface area contributed by atoms with Crippen LogP contribution in [-0.4, -0.2) is 32.8 Å². The molecule has 1 radical (unpaired) electrons. The monoisotopic (exact) mass is 199 g/mol. The fraction of sp³-hybridized carbons (Fsp3) is 0.875. The van der Waals surface area contributed by atoms with Crippen LogP contribution in [0.25, 0.3) is 0 Å². The molecule has 0 spiro atoms. The Labute approximate surface area is 85.9 Å². The van der Waals surface area contributed by atoms with Crippen LogP contribution in [0.4, 0.5) is 0 Å². The largest absolute Gasteiger partial charge is 0.427 e. The van der Waals surface area contributed by atoms with Gasteiger partial charge < -0.3 is 15.2 Å². The summed E-state index contributed by atoms with van der Waals surface area (Å²) in [7, 11) is 5.19. The summed E-state index contributed by atoms with van der Waals surface area (Å²) in [4.78, 5) is 0.988. The fourth-order valence-corrected chi connectivity index (χ4v) is 1.95. The van der Waals surface area contributed by atoms with E-state index in [-0.39, 0.29) is 0 Å². The fourth-order valence-electron chi connectivity index (χ4n) is 1.74. The molecule has 2 unspecified atom stereocenters. The Morgan fingerprint density at radius 1 is 1.54 bits per heavy atom. The Hall–Kier alpha value is -0.125. The quantitative estimate of drug-likeness (QED) is 0.509. The molecule has 1 rings (SSSR count). The zero-order valence-electron chi connectivity index (χ0n) is 8.17. The van der Waals surface area contributed by atoms with E-state index in [1.807, 2.05) is 7.05 Å². The standard InChI is InChI=1S/C8H16BN2OS/c1-10-8(13)6-3-4-7(5-6)11-9-12-2/h6-7,11H,3-5H2,1-2H3,(H,10,13). The summed E-state index contributed by atoms with van der Waals surface area (Å²) in [5.74, 6) is 0.544. The molecule has 0 bridgehead atoms. The third kappa shape index (κ3) is 3.25. The molecule has 0 aromatic rings. The molecular formula is C8H16BN2OS. The average Bonchev–Trinajstić information content (AvgIpc) is 2.62. The van der Waals surface area contributed by atoms with Gasteiger partial charge in [0.15, 0.2) is 0 Å². The van der Waals surface area contributed by atoms with Crippen molar-refractivity contribution >= 4 is 24.8 Å². The van der Waals surface area contributed by atoms with Crippen molar-refractivity contribution in [2.24, 2.45) is 5.92 Å². The second kappa shape index (κ2) is 5.57. The Kier molecular flexibility index (Phi) is 4.69. The number of rotatable bonds is 4. The van der Waals surface area contributed by atoms with Gasteiger partial charge >= 0.3 is 7.62 Å². The lowest BCUT2D eigenvalue weighted by Gasteiger charge is -2.12. The Balaban J connectivity index is 2.23. The maximum atomic E-state index is 5.20. The summed E-state index contributed by atoms with van der Waals surface area (Å²) >= 11 is 5.20. The summed E-state index contributed by atoms with van der Waals surface area (Å²) in [6.07, 6.45) is 3.46. The van der Waals surface area contributed by atoms with Crippen LogP contribution in [0.5, 0.6) is 0 Å². The van der Waals surface area contributed by atoms with Crippen molar-refractivity contribution in [3.8, 4) is 0 Å².